The normalized spacial score (nSPS) is 14.4. The molecule has 2 aromatic heterocycles. The number of amides is 4. The predicted octanol–water partition coefficient (Wildman–Crippen LogP) is 12.1. The largest absolute Gasteiger partial charge is 0.338 e. The first-order valence-corrected chi connectivity index (χ1v) is 26.1. The van der Waals surface area contributed by atoms with E-state index in [2.05, 4.69) is 34.4 Å². The van der Waals surface area contributed by atoms with Gasteiger partial charge in [-0.05, 0) is 140 Å². The highest BCUT2D eigenvalue weighted by Gasteiger charge is 2.39. The summed E-state index contributed by atoms with van der Waals surface area (Å²) in [4.78, 5) is 64.0. The van der Waals surface area contributed by atoms with Crippen LogP contribution in [0.25, 0.3) is 0 Å². The number of nitrogens with one attached hydrogen (secondary N) is 2. The number of pyridine rings is 2. The highest BCUT2D eigenvalue weighted by Crippen LogP contribution is 2.39. The molecule has 2 fully saturated rings. The zero-order valence-corrected chi connectivity index (χ0v) is 45.7. The Bertz CT molecular complexity index is 3150. The minimum atomic E-state index is -1.54. The number of nitrogens with zero attached hydrogens (tertiary/aromatic N) is 6. The number of likely N-dealkylation sites (tertiary alicyclic amines) is 2. The van der Waals surface area contributed by atoms with Crippen molar-refractivity contribution >= 4 is 46.6 Å². The van der Waals surface area contributed by atoms with Gasteiger partial charge in [0.25, 0.3) is 23.6 Å². The predicted molar refractivity (Wildman–Crippen MR) is 297 cm³/mol. The van der Waals surface area contributed by atoms with Crippen LogP contribution in [-0.2, 0) is 17.8 Å². The molecular weight excluding hydrogens is 996 g/mol. The van der Waals surface area contributed by atoms with Crippen molar-refractivity contribution in [1.29, 1.82) is 10.5 Å². The number of benzene rings is 4. The Balaban J connectivity index is 0.000000234. The second kappa shape index (κ2) is 25.8. The van der Waals surface area contributed by atoms with Gasteiger partial charge in [0.2, 0.25) is 0 Å². The van der Waals surface area contributed by atoms with Crippen LogP contribution in [0.2, 0.25) is 5.15 Å². The van der Waals surface area contributed by atoms with Gasteiger partial charge in [-0.3, -0.25) is 24.2 Å². The minimum Gasteiger partial charge on any atom is -0.338 e. The third-order valence-electron chi connectivity index (χ3n) is 13.5. The maximum Gasteiger partial charge on any atom is 0.257 e. The molecule has 0 aliphatic carbocycles. The molecule has 0 atom stereocenters. The molecule has 13 nitrogen and oxygen atoms in total. The number of rotatable bonds is 10. The number of alkyl halides is 2. The number of carbonyl (C=O) groups excluding carboxylic acids is 4. The lowest BCUT2D eigenvalue weighted by Crippen LogP contribution is -2.43. The minimum absolute atomic E-state index is 0.169. The Hall–Kier alpha value is -7.85. The molecule has 0 saturated carbocycles. The maximum atomic E-state index is 15.7. The summed E-state index contributed by atoms with van der Waals surface area (Å²) in [5, 5.41) is 24.0. The lowest BCUT2D eigenvalue weighted by atomic mass is 9.85. The van der Waals surface area contributed by atoms with Crippen LogP contribution in [0, 0.1) is 56.3 Å². The highest BCUT2D eigenvalue weighted by atomic mass is 35.5. The van der Waals surface area contributed by atoms with Gasteiger partial charge in [-0.2, -0.15) is 10.5 Å². The van der Waals surface area contributed by atoms with Crippen molar-refractivity contribution in [3.05, 3.63) is 187 Å². The summed E-state index contributed by atoms with van der Waals surface area (Å²) in [5.74, 6) is -0.554. The van der Waals surface area contributed by atoms with Gasteiger partial charge in [0.15, 0.2) is 0 Å². The molecule has 0 bridgehead atoms. The molecule has 0 spiro atoms. The van der Waals surface area contributed by atoms with Gasteiger partial charge in [-0.25, -0.2) is 13.8 Å². The van der Waals surface area contributed by atoms with Gasteiger partial charge in [-0.1, -0.05) is 75.7 Å². The van der Waals surface area contributed by atoms with E-state index in [-0.39, 0.29) is 75.5 Å². The molecule has 400 valence electrons. The molecule has 8 rings (SSSR count). The first-order chi connectivity index (χ1) is 36.5. The number of anilines is 2. The van der Waals surface area contributed by atoms with Crippen molar-refractivity contribution < 1.29 is 28.0 Å². The van der Waals surface area contributed by atoms with Crippen LogP contribution >= 0.6 is 11.6 Å². The summed E-state index contributed by atoms with van der Waals surface area (Å²) in [5.41, 5.74) is 11.1. The Morgan fingerprint density at radius 1 is 0.610 bits per heavy atom. The Labute approximate surface area is 455 Å². The average molecular weight is 1060 g/mol. The van der Waals surface area contributed by atoms with Crippen molar-refractivity contribution in [3.8, 4) is 12.1 Å². The monoisotopic (exact) mass is 1060 g/mol. The van der Waals surface area contributed by atoms with E-state index in [1.165, 1.54) is 12.3 Å². The summed E-state index contributed by atoms with van der Waals surface area (Å²) in [6, 6.07) is 31.3. The van der Waals surface area contributed by atoms with E-state index in [1.807, 2.05) is 71.9 Å². The number of carbonyl (C=O) groups is 4. The van der Waals surface area contributed by atoms with E-state index in [0.717, 1.165) is 34.4 Å². The van der Waals surface area contributed by atoms with Crippen LogP contribution in [0.4, 0.5) is 20.2 Å². The lowest BCUT2D eigenvalue weighted by Gasteiger charge is -2.37. The second-order valence-electron chi connectivity index (χ2n) is 20.5. The van der Waals surface area contributed by atoms with Gasteiger partial charge in [0.05, 0.1) is 34.4 Å². The van der Waals surface area contributed by atoms with E-state index >= 15 is 8.78 Å². The molecule has 6 aromatic rings. The molecule has 2 aliphatic rings. The van der Waals surface area contributed by atoms with Crippen molar-refractivity contribution in [1.82, 2.24) is 19.8 Å². The molecule has 4 heterocycles. The van der Waals surface area contributed by atoms with Crippen LogP contribution in [0.3, 0.4) is 0 Å². The summed E-state index contributed by atoms with van der Waals surface area (Å²) in [6.45, 7) is 16.7. The van der Waals surface area contributed by atoms with Crippen LogP contribution in [0.5, 0.6) is 0 Å². The lowest BCUT2D eigenvalue weighted by molar-refractivity contribution is 0.0412. The SMILES string of the molecule is CC(C)N.Cc1cc(C)c(C(=O)N2CCC(F)(c3ccc(C#N)cc3)CC2)cc1NC(=O)c1ccc(CC(C)C)nc1.Cc1cc(C)c(C(=O)N2CCC(F)(c3ccc(C#N)cc3)CC2)cc1NC(=O)c1ccc(Cl)nc1. The summed E-state index contributed by atoms with van der Waals surface area (Å²) >= 11 is 5.79. The number of nitriles is 2. The first-order valence-electron chi connectivity index (χ1n) is 25.7. The number of halogens is 3. The van der Waals surface area contributed by atoms with E-state index in [9.17, 15) is 19.2 Å². The molecule has 2 saturated heterocycles. The van der Waals surface area contributed by atoms with E-state index < -0.39 is 11.3 Å². The van der Waals surface area contributed by atoms with Gasteiger partial charge < -0.3 is 26.2 Å². The topological polar surface area (TPSA) is 198 Å². The fraction of sp³-hybridized carbons (Fsp3) is 0.344. The molecule has 2 aliphatic heterocycles. The van der Waals surface area contributed by atoms with Crippen molar-refractivity contribution in [3.63, 3.8) is 0 Å². The fourth-order valence-corrected chi connectivity index (χ4v) is 9.28. The zero-order valence-electron chi connectivity index (χ0n) is 44.9. The number of piperidine rings is 2. The third kappa shape index (κ3) is 15.2. The summed E-state index contributed by atoms with van der Waals surface area (Å²) in [7, 11) is 0. The highest BCUT2D eigenvalue weighted by molar-refractivity contribution is 6.29. The van der Waals surface area contributed by atoms with Gasteiger partial charge in [-0.15, -0.1) is 0 Å². The van der Waals surface area contributed by atoms with Crippen LogP contribution in [0.15, 0.2) is 109 Å². The van der Waals surface area contributed by atoms with Crippen molar-refractivity contribution in [2.75, 3.05) is 36.8 Å². The molecular formula is C61H66ClF2N9O4. The Kier molecular flexibility index (Phi) is 19.6. The molecule has 4 aromatic carbocycles. The Morgan fingerprint density at radius 2 is 0.987 bits per heavy atom. The van der Waals surface area contributed by atoms with Crippen molar-refractivity contribution in [2.45, 2.75) is 105 Å². The number of aryl methyl sites for hydroxylation is 4. The van der Waals surface area contributed by atoms with E-state index in [0.29, 0.717) is 73.0 Å². The summed E-state index contributed by atoms with van der Waals surface area (Å²) < 4.78 is 31.3. The number of hydrogen-bond donors (Lipinski definition) is 3. The first kappa shape index (κ1) is 58.4. The summed E-state index contributed by atoms with van der Waals surface area (Å²) in [6.07, 6.45) is 4.51. The molecule has 77 heavy (non-hydrogen) atoms. The van der Waals surface area contributed by atoms with Gasteiger partial charge in [0.1, 0.15) is 16.5 Å². The second-order valence-corrected chi connectivity index (χ2v) is 20.9. The number of hydrogen-bond acceptors (Lipinski definition) is 9. The smallest absolute Gasteiger partial charge is 0.257 e. The molecule has 16 heteroatoms. The molecule has 4 N–H and O–H groups in total. The van der Waals surface area contributed by atoms with Gasteiger partial charge in [0, 0.05) is 92.5 Å². The van der Waals surface area contributed by atoms with E-state index in [1.54, 1.807) is 88.8 Å². The van der Waals surface area contributed by atoms with Crippen LogP contribution in [-0.4, -0.2) is 75.6 Å². The standard InChI is InChI=1S/C31H33FN4O2.C27H24ClFN4O2.C3H9N/c1-20(2)15-26-10-7-24(19-34-26)29(37)35-28-17-27(21(3)16-22(28)4)30(38)36-13-11-31(32,12-14-36)25-8-5-23(18-33)6-9-25;1-17-13-18(2)23(32-25(34)20-5-8-24(28)31-16-20)14-22(17)26(35)33-11-9-27(29,10-12-33)21-6-3-19(15-30)4-7-21;1-3(2)4/h5-10,16-17,19-20H,11-15H2,1-4H3,(H,35,37);3-8,13-14,16H,9-12H2,1-2H3,(H,32,34);3H,4H2,1-2H3. The molecule has 0 unspecified atom stereocenters. The quantitative estimate of drug-likeness (QED) is 0.112. The zero-order chi connectivity index (χ0) is 56.2. The average Bonchev–Trinajstić information content (AvgIpc) is 3.40. The molecule has 0 radical (unpaired) electrons. The van der Waals surface area contributed by atoms with Crippen LogP contribution < -0.4 is 16.4 Å². The molecule has 4 amide bonds. The number of nitrogens with two attached hydrogens (primary N) is 1. The Morgan fingerprint density at radius 3 is 1.31 bits per heavy atom. The van der Waals surface area contributed by atoms with Crippen molar-refractivity contribution in [2.24, 2.45) is 11.7 Å². The maximum absolute atomic E-state index is 15.7. The van der Waals surface area contributed by atoms with E-state index in [4.69, 9.17) is 27.9 Å². The van der Waals surface area contributed by atoms with Gasteiger partial charge >= 0.3 is 0 Å². The fourth-order valence-electron chi connectivity index (χ4n) is 9.17. The van der Waals surface area contributed by atoms with Crippen LogP contribution in [0.1, 0.15) is 145 Å². The third-order valence-corrected chi connectivity index (χ3v) is 13.8. The number of aromatic nitrogens is 2.